The Morgan fingerprint density at radius 2 is 1.93 bits per heavy atom. The topological polar surface area (TPSA) is 98.9 Å². The van der Waals surface area contributed by atoms with Crippen molar-refractivity contribution in [2.45, 2.75) is 25.9 Å². The molecule has 9 nitrogen and oxygen atoms in total. The van der Waals surface area contributed by atoms with Crippen LogP contribution < -0.4 is 4.74 Å². The van der Waals surface area contributed by atoms with Crippen LogP contribution in [0.5, 0.6) is 6.01 Å². The highest BCUT2D eigenvalue weighted by molar-refractivity contribution is 7.07. The van der Waals surface area contributed by atoms with Gasteiger partial charge in [0.1, 0.15) is 11.0 Å². The van der Waals surface area contributed by atoms with Crippen LogP contribution in [0.2, 0.25) is 0 Å². The third kappa shape index (κ3) is 3.80. The van der Waals surface area contributed by atoms with Crippen molar-refractivity contribution < 1.29 is 9.53 Å². The standard InChI is InChI=1S/C17H19N7O2S/c1-11-15(27-22-21-11)16(25)24-5-3-14(4-6-24)26-17-18-7-12(8-19-17)13-9-20-23(2)10-13/h7-10,14H,3-6H2,1-2H3. The molecule has 3 aromatic heterocycles. The molecule has 10 heteroatoms. The highest BCUT2D eigenvalue weighted by Crippen LogP contribution is 2.21. The molecule has 1 amide bonds. The van der Waals surface area contributed by atoms with Crippen LogP contribution in [0.4, 0.5) is 0 Å². The zero-order valence-electron chi connectivity index (χ0n) is 15.1. The lowest BCUT2D eigenvalue weighted by atomic mass is 10.1. The molecule has 0 spiro atoms. The van der Waals surface area contributed by atoms with Crippen LogP contribution in [0.15, 0.2) is 24.8 Å². The van der Waals surface area contributed by atoms with E-state index in [1.54, 1.807) is 30.2 Å². The second-order valence-electron chi connectivity index (χ2n) is 6.45. The Labute approximate surface area is 160 Å². The summed E-state index contributed by atoms with van der Waals surface area (Å²) in [5.74, 6) is -0.00183. The third-order valence-electron chi connectivity index (χ3n) is 4.51. The second-order valence-corrected chi connectivity index (χ2v) is 7.21. The number of ether oxygens (including phenoxy) is 1. The van der Waals surface area contributed by atoms with Crippen molar-refractivity contribution in [2.24, 2.45) is 7.05 Å². The van der Waals surface area contributed by atoms with Crippen LogP contribution >= 0.6 is 11.5 Å². The summed E-state index contributed by atoms with van der Waals surface area (Å²) in [6.07, 6.45) is 8.63. The minimum absolute atomic E-state index is 0.000949. The van der Waals surface area contributed by atoms with E-state index in [1.165, 1.54) is 0 Å². The average Bonchev–Trinajstić information content (AvgIpc) is 3.31. The molecule has 0 bridgehead atoms. The van der Waals surface area contributed by atoms with Gasteiger partial charge in [-0.25, -0.2) is 9.97 Å². The molecule has 27 heavy (non-hydrogen) atoms. The first-order valence-electron chi connectivity index (χ1n) is 8.66. The molecular formula is C17H19N7O2S. The molecule has 0 atom stereocenters. The number of aryl methyl sites for hydroxylation is 2. The summed E-state index contributed by atoms with van der Waals surface area (Å²) in [5, 5.41) is 8.05. The monoisotopic (exact) mass is 385 g/mol. The maximum Gasteiger partial charge on any atom is 0.316 e. The Morgan fingerprint density at radius 1 is 1.19 bits per heavy atom. The minimum atomic E-state index is -0.00183. The SMILES string of the molecule is Cc1nnsc1C(=O)N1CCC(Oc2ncc(-c3cnn(C)c3)cn2)CC1. The highest BCUT2D eigenvalue weighted by Gasteiger charge is 2.27. The summed E-state index contributed by atoms with van der Waals surface area (Å²) in [4.78, 5) is 23.5. The molecule has 4 heterocycles. The predicted octanol–water partition coefficient (Wildman–Crippen LogP) is 1.72. The molecule has 1 saturated heterocycles. The number of piperidine rings is 1. The predicted molar refractivity (Wildman–Crippen MR) is 98.4 cm³/mol. The Hall–Kier alpha value is -2.88. The van der Waals surface area contributed by atoms with E-state index in [2.05, 4.69) is 24.7 Å². The summed E-state index contributed by atoms with van der Waals surface area (Å²) in [5.41, 5.74) is 2.54. The van der Waals surface area contributed by atoms with Crippen LogP contribution in [0.25, 0.3) is 11.1 Å². The number of carbonyl (C=O) groups is 1. The summed E-state index contributed by atoms with van der Waals surface area (Å²) in [6.45, 7) is 3.07. The van der Waals surface area contributed by atoms with Gasteiger partial charge in [-0.1, -0.05) is 4.49 Å². The lowest BCUT2D eigenvalue weighted by Crippen LogP contribution is -2.41. The van der Waals surface area contributed by atoms with Gasteiger partial charge in [-0.05, 0) is 18.5 Å². The van der Waals surface area contributed by atoms with Gasteiger partial charge in [0.15, 0.2) is 0 Å². The number of likely N-dealkylation sites (tertiary alicyclic amines) is 1. The minimum Gasteiger partial charge on any atom is -0.460 e. The molecule has 0 aromatic carbocycles. The lowest BCUT2D eigenvalue weighted by molar-refractivity contribution is 0.0582. The van der Waals surface area contributed by atoms with Gasteiger partial charge in [-0.3, -0.25) is 9.48 Å². The molecule has 1 aliphatic heterocycles. The number of rotatable bonds is 4. The fourth-order valence-corrected chi connectivity index (χ4v) is 3.62. The first-order chi connectivity index (χ1) is 13.1. The number of hydrogen-bond acceptors (Lipinski definition) is 8. The van der Waals surface area contributed by atoms with Crippen LogP contribution in [-0.2, 0) is 7.05 Å². The van der Waals surface area contributed by atoms with Gasteiger partial charge in [0.05, 0.1) is 11.9 Å². The van der Waals surface area contributed by atoms with Crippen molar-refractivity contribution in [2.75, 3.05) is 13.1 Å². The van der Waals surface area contributed by atoms with Crippen molar-refractivity contribution in [1.29, 1.82) is 0 Å². The molecule has 0 radical (unpaired) electrons. The Kier molecular flexibility index (Phi) is 4.80. The van der Waals surface area contributed by atoms with Gasteiger partial charge in [-0.15, -0.1) is 5.10 Å². The van der Waals surface area contributed by atoms with Gasteiger partial charge in [0.2, 0.25) is 0 Å². The van der Waals surface area contributed by atoms with Crippen molar-refractivity contribution >= 4 is 17.4 Å². The average molecular weight is 385 g/mol. The van der Waals surface area contributed by atoms with E-state index in [-0.39, 0.29) is 12.0 Å². The normalized spacial score (nSPS) is 15.1. The van der Waals surface area contributed by atoms with Crippen molar-refractivity contribution in [3.63, 3.8) is 0 Å². The molecule has 1 fully saturated rings. The molecular weight excluding hydrogens is 366 g/mol. The summed E-state index contributed by atoms with van der Waals surface area (Å²) >= 11 is 1.15. The number of hydrogen-bond donors (Lipinski definition) is 0. The second kappa shape index (κ2) is 7.39. The maximum atomic E-state index is 12.5. The number of amides is 1. The summed E-state index contributed by atoms with van der Waals surface area (Å²) in [7, 11) is 1.87. The molecule has 3 aromatic rings. The molecule has 1 aliphatic rings. The molecule has 0 aliphatic carbocycles. The van der Waals surface area contributed by atoms with E-state index >= 15 is 0 Å². The largest absolute Gasteiger partial charge is 0.460 e. The van der Waals surface area contributed by atoms with Crippen LogP contribution in [0.3, 0.4) is 0 Å². The van der Waals surface area contributed by atoms with Crippen molar-refractivity contribution in [3.8, 4) is 17.1 Å². The maximum absolute atomic E-state index is 12.5. The van der Waals surface area contributed by atoms with Gasteiger partial charge < -0.3 is 9.64 Å². The number of carbonyl (C=O) groups excluding carboxylic acids is 1. The van der Waals surface area contributed by atoms with Crippen LogP contribution in [0, 0.1) is 6.92 Å². The first kappa shape index (κ1) is 17.5. The molecule has 0 N–H and O–H groups in total. The Morgan fingerprint density at radius 3 is 2.52 bits per heavy atom. The third-order valence-corrected chi connectivity index (χ3v) is 5.33. The van der Waals surface area contributed by atoms with Crippen molar-refractivity contribution in [3.05, 3.63) is 35.4 Å². The van der Waals surface area contributed by atoms with Crippen LogP contribution in [-0.4, -0.2) is 59.3 Å². The Balaban J connectivity index is 1.33. The number of nitrogens with zero attached hydrogens (tertiary/aromatic N) is 7. The van der Waals surface area contributed by atoms with Crippen LogP contribution in [0.1, 0.15) is 28.2 Å². The summed E-state index contributed by atoms with van der Waals surface area (Å²) in [6, 6.07) is 0.356. The zero-order valence-corrected chi connectivity index (χ0v) is 15.9. The first-order valence-corrected chi connectivity index (χ1v) is 9.43. The van der Waals surface area contributed by atoms with Crippen molar-refractivity contribution in [1.82, 2.24) is 34.2 Å². The highest BCUT2D eigenvalue weighted by atomic mass is 32.1. The fraction of sp³-hybridized carbons (Fsp3) is 0.412. The molecule has 0 unspecified atom stereocenters. The number of aromatic nitrogens is 6. The smallest absolute Gasteiger partial charge is 0.316 e. The lowest BCUT2D eigenvalue weighted by Gasteiger charge is -2.31. The fourth-order valence-electron chi connectivity index (χ4n) is 2.99. The van der Waals surface area contributed by atoms with E-state index < -0.39 is 0 Å². The van der Waals surface area contributed by atoms with E-state index in [9.17, 15) is 4.79 Å². The summed E-state index contributed by atoms with van der Waals surface area (Å²) < 4.78 is 11.5. The van der Waals surface area contributed by atoms with Gasteiger partial charge in [0, 0.05) is 62.7 Å². The molecule has 140 valence electrons. The van der Waals surface area contributed by atoms with E-state index in [1.807, 2.05) is 18.1 Å². The Bertz CT molecular complexity index is 929. The van der Waals surface area contributed by atoms with Gasteiger partial charge >= 0.3 is 6.01 Å². The van der Waals surface area contributed by atoms with E-state index in [4.69, 9.17) is 4.74 Å². The van der Waals surface area contributed by atoms with Gasteiger partial charge in [0.25, 0.3) is 5.91 Å². The quantitative estimate of drug-likeness (QED) is 0.674. The van der Waals surface area contributed by atoms with E-state index in [0.717, 1.165) is 35.5 Å². The van der Waals surface area contributed by atoms with Gasteiger partial charge in [-0.2, -0.15) is 5.10 Å². The molecule has 0 saturated carbocycles. The molecule has 4 rings (SSSR count). The zero-order chi connectivity index (χ0) is 18.8. The van der Waals surface area contributed by atoms with E-state index in [0.29, 0.717) is 29.7 Å².